The van der Waals surface area contributed by atoms with Gasteiger partial charge in [-0.25, -0.2) is 0 Å². The van der Waals surface area contributed by atoms with Gasteiger partial charge in [0.1, 0.15) is 0 Å². The third kappa shape index (κ3) is 3.71. The zero-order chi connectivity index (χ0) is 9.02. The quantitative estimate of drug-likeness (QED) is 0.351. The van der Waals surface area contributed by atoms with Crippen molar-refractivity contribution < 1.29 is 9.59 Å². The van der Waals surface area contributed by atoms with Crippen molar-refractivity contribution in [2.75, 3.05) is 0 Å². The zero-order valence-corrected chi connectivity index (χ0v) is 7.31. The second-order valence-electron chi connectivity index (χ2n) is 3.06. The molecule has 2 heteroatoms. The fourth-order valence-corrected chi connectivity index (χ4v) is 0.690. The Hall–Kier alpha value is -0.920. The maximum atomic E-state index is 11.1. The van der Waals surface area contributed by atoms with Gasteiger partial charge in [-0.2, -0.15) is 0 Å². The summed E-state index contributed by atoms with van der Waals surface area (Å²) < 4.78 is 0. The van der Waals surface area contributed by atoms with Crippen molar-refractivity contribution in [3.05, 3.63) is 12.2 Å². The van der Waals surface area contributed by atoms with E-state index in [4.69, 9.17) is 0 Å². The molecule has 0 amide bonds. The average molecular weight is 154 g/mol. The number of allylic oxidation sites excluding steroid dienone is 1. The van der Waals surface area contributed by atoms with Crippen LogP contribution in [0.2, 0.25) is 0 Å². The molecule has 0 aromatic carbocycles. The van der Waals surface area contributed by atoms with Crippen LogP contribution < -0.4 is 0 Å². The van der Waals surface area contributed by atoms with E-state index >= 15 is 0 Å². The van der Waals surface area contributed by atoms with E-state index in [1.54, 1.807) is 0 Å². The Morgan fingerprint density at radius 3 is 2.09 bits per heavy atom. The Morgan fingerprint density at radius 1 is 1.36 bits per heavy atom. The summed E-state index contributed by atoms with van der Waals surface area (Å²) in [5, 5.41) is 0. The smallest absolute Gasteiger partial charge is 0.166 e. The molecule has 0 aromatic heterocycles. The van der Waals surface area contributed by atoms with Gasteiger partial charge < -0.3 is 0 Å². The number of rotatable bonds is 4. The lowest BCUT2D eigenvalue weighted by atomic mass is 10.0. The van der Waals surface area contributed by atoms with Gasteiger partial charge in [0.2, 0.25) is 0 Å². The molecule has 2 nitrogen and oxygen atoms in total. The summed E-state index contributed by atoms with van der Waals surface area (Å²) in [6.07, 6.45) is 0.415. The van der Waals surface area contributed by atoms with Crippen LogP contribution in [0.1, 0.15) is 27.2 Å². The molecule has 0 unspecified atom stereocenters. The predicted octanol–water partition coefficient (Wildman–Crippen LogP) is 1.75. The molecule has 0 aromatic rings. The third-order valence-electron chi connectivity index (χ3n) is 1.36. The molecule has 0 N–H and O–H groups in total. The van der Waals surface area contributed by atoms with E-state index < -0.39 is 0 Å². The fraction of sp³-hybridized carbons (Fsp3) is 0.556. The van der Waals surface area contributed by atoms with Crippen LogP contribution in [0, 0.1) is 5.92 Å². The molecule has 0 aliphatic carbocycles. The second-order valence-corrected chi connectivity index (χ2v) is 3.06. The SMILES string of the molecule is C=C(C(C)=O)C(=O)CC(C)C. The monoisotopic (exact) mass is 154 g/mol. The van der Waals surface area contributed by atoms with Gasteiger partial charge in [0, 0.05) is 6.42 Å². The highest BCUT2D eigenvalue weighted by molar-refractivity contribution is 6.18. The van der Waals surface area contributed by atoms with Crippen LogP contribution in [0.15, 0.2) is 12.2 Å². The van der Waals surface area contributed by atoms with Gasteiger partial charge in [-0.3, -0.25) is 9.59 Å². The molecule has 11 heavy (non-hydrogen) atoms. The molecule has 0 rings (SSSR count). The van der Waals surface area contributed by atoms with Gasteiger partial charge in [0.05, 0.1) is 5.57 Å². The standard InChI is InChI=1S/C9H14O2/c1-6(2)5-9(11)7(3)8(4)10/h6H,3,5H2,1-2,4H3. The minimum atomic E-state index is -0.226. The molecule has 0 radical (unpaired) electrons. The van der Waals surface area contributed by atoms with Crippen LogP contribution >= 0.6 is 0 Å². The van der Waals surface area contributed by atoms with Crippen molar-refractivity contribution in [2.45, 2.75) is 27.2 Å². The number of ketones is 2. The predicted molar refractivity (Wildman–Crippen MR) is 44.3 cm³/mol. The van der Waals surface area contributed by atoms with Crippen molar-refractivity contribution in [2.24, 2.45) is 5.92 Å². The molecule has 0 saturated heterocycles. The average Bonchev–Trinajstić information content (AvgIpc) is 1.84. The van der Waals surface area contributed by atoms with Crippen LogP contribution in [0.25, 0.3) is 0 Å². The lowest BCUT2D eigenvalue weighted by Gasteiger charge is -2.02. The number of hydrogen-bond donors (Lipinski definition) is 0. The molecule has 0 bridgehead atoms. The maximum absolute atomic E-state index is 11.1. The van der Waals surface area contributed by atoms with Crippen molar-refractivity contribution in [1.82, 2.24) is 0 Å². The second kappa shape index (κ2) is 4.06. The minimum absolute atomic E-state index is 0.124. The van der Waals surface area contributed by atoms with Gasteiger partial charge in [0.15, 0.2) is 11.6 Å². The highest BCUT2D eigenvalue weighted by Crippen LogP contribution is 2.06. The van der Waals surface area contributed by atoms with Crippen LogP contribution in [-0.2, 0) is 9.59 Å². The highest BCUT2D eigenvalue weighted by atomic mass is 16.1. The van der Waals surface area contributed by atoms with Crippen molar-refractivity contribution in [3.8, 4) is 0 Å². The number of Topliss-reactive ketones (excluding diaryl/α,β-unsaturated/α-hetero) is 2. The normalized spacial score (nSPS) is 9.82. The largest absolute Gasteiger partial charge is 0.294 e. The molecular formula is C9H14O2. The summed E-state index contributed by atoms with van der Waals surface area (Å²) in [4.78, 5) is 21.7. The van der Waals surface area contributed by atoms with Gasteiger partial charge in [-0.05, 0) is 12.8 Å². The first kappa shape index (κ1) is 10.1. The summed E-state index contributed by atoms with van der Waals surface area (Å²) >= 11 is 0. The van der Waals surface area contributed by atoms with Crippen molar-refractivity contribution >= 4 is 11.6 Å². The van der Waals surface area contributed by atoms with Crippen LogP contribution in [0.5, 0.6) is 0 Å². The van der Waals surface area contributed by atoms with Crippen molar-refractivity contribution in [3.63, 3.8) is 0 Å². The first-order chi connectivity index (χ1) is 4.95. The molecule has 0 fully saturated rings. The van der Waals surface area contributed by atoms with Gasteiger partial charge in [-0.1, -0.05) is 20.4 Å². The van der Waals surface area contributed by atoms with Crippen LogP contribution in [-0.4, -0.2) is 11.6 Å². The number of carbonyl (C=O) groups is 2. The van der Waals surface area contributed by atoms with Gasteiger partial charge in [0.25, 0.3) is 0 Å². The summed E-state index contributed by atoms with van der Waals surface area (Å²) in [7, 11) is 0. The third-order valence-corrected chi connectivity index (χ3v) is 1.36. The highest BCUT2D eigenvalue weighted by Gasteiger charge is 2.12. The molecular weight excluding hydrogens is 140 g/mol. The number of carbonyl (C=O) groups excluding carboxylic acids is 2. The Kier molecular flexibility index (Phi) is 3.72. The van der Waals surface area contributed by atoms with E-state index in [2.05, 4.69) is 6.58 Å². The lowest BCUT2D eigenvalue weighted by Crippen LogP contribution is -2.10. The maximum Gasteiger partial charge on any atom is 0.166 e. The number of hydrogen-bond acceptors (Lipinski definition) is 2. The Bertz CT molecular complexity index is 190. The zero-order valence-electron chi connectivity index (χ0n) is 7.31. The topological polar surface area (TPSA) is 34.1 Å². The van der Waals surface area contributed by atoms with E-state index in [-0.39, 0.29) is 17.1 Å². The summed E-state index contributed by atoms with van der Waals surface area (Å²) in [6.45, 7) is 8.64. The Labute approximate surface area is 67.3 Å². The first-order valence-electron chi connectivity index (χ1n) is 3.68. The van der Waals surface area contributed by atoms with Crippen LogP contribution in [0.4, 0.5) is 0 Å². The lowest BCUT2D eigenvalue weighted by molar-refractivity contribution is -0.120. The van der Waals surface area contributed by atoms with E-state index in [1.807, 2.05) is 13.8 Å². The molecule has 0 aliphatic rings. The molecule has 0 heterocycles. The van der Waals surface area contributed by atoms with E-state index in [0.29, 0.717) is 12.3 Å². The fourth-order valence-electron chi connectivity index (χ4n) is 0.690. The molecule has 0 aliphatic heterocycles. The summed E-state index contributed by atoms with van der Waals surface area (Å²) in [6, 6.07) is 0. The Balaban J connectivity index is 4.05. The van der Waals surface area contributed by atoms with E-state index in [1.165, 1.54) is 6.92 Å². The minimum Gasteiger partial charge on any atom is -0.294 e. The summed E-state index contributed by atoms with van der Waals surface area (Å²) in [5.41, 5.74) is 0.124. The van der Waals surface area contributed by atoms with Crippen LogP contribution in [0.3, 0.4) is 0 Å². The molecule has 0 atom stereocenters. The summed E-state index contributed by atoms with van der Waals surface area (Å²) in [5.74, 6) is -0.0678. The van der Waals surface area contributed by atoms with Crippen molar-refractivity contribution in [1.29, 1.82) is 0 Å². The molecule has 0 spiro atoms. The Morgan fingerprint density at radius 2 is 1.82 bits per heavy atom. The first-order valence-corrected chi connectivity index (χ1v) is 3.68. The van der Waals surface area contributed by atoms with Gasteiger partial charge >= 0.3 is 0 Å². The molecule has 0 saturated carbocycles. The van der Waals surface area contributed by atoms with E-state index in [0.717, 1.165) is 0 Å². The van der Waals surface area contributed by atoms with E-state index in [9.17, 15) is 9.59 Å². The molecule has 62 valence electrons. The van der Waals surface area contributed by atoms with Gasteiger partial charge in [-0.15, -0.1) is 0 Å².